The first-order chi connectivity index (χ1) is 9.51. The SMILES string of the molecule is C=CCOc1cc(F)c(-c2cc(F)cc(F)c2)c(F)c1. The van der Waals surface area contributed by atoms with Crippen LogP contribution in [-0.4, -0.2) is 6.61 Å². The minimum absolute atomic E-state index is 0.0273. The van der Waals surface area contributed by atoms with Crippen molar-refractivity contribution in [1.29, 1.82) is 0 Å². The molecule has 2 aromatic carbocycles. The first-order valence-corrected chi connectivity index (χ1v) is 5.70. The zero-order valence-electron chi connectivity index (χ0n) is 10.3. The van der Waals surface area contributed by atoms with Crippen LogP contribution in [-0.2, 0) is 0 Å². The second kappa shape index (κ2) is 5.77. The van der Waals surface area contributed by atoms with Crippen molar-refractivity contribution < 1.29 is 22.3 Å². The van der Waals surface area contributed by atoms with Gasteiger partial charge in [-0.15, -0.1) is 0 Å². The molecule has 20 heavy (non-hydrogen) atoms. The molecule has 0 heterocycles. The van der Waals surface area contributed by atoms with Crippen LogP contribution in [0.2, 0.25) is 0 Å². The van der Waals surface area contributed by atoms with Gasteiger partial charge in [-0.05, 0) is 17.7 Å². The fraction of sp³-hybridized carbons (Fsp3) is 0.0667. The van der Waals surface area contributed by atoms with Crippen molar-refractivity contribution in [2.45, 2.75) is 0 Å². The Hall–Kier alpha value is -2.30. The summed E-state index contributed by atoms with van der Waals surface area (Å²) in [7, 11) is 0. The number of hydrogen-bond acceptors (Lipinski definition) is 1. The zero-order chi connectivity index (χ0) is 14.7. The summed E-state index contributed by atoms with van der Waals surface area (Å²) in [4.78, 5) is 0. The standard InChI is InChI=1S/C15H10F4O/c1-2-3-20-12-7-13(18)15(14(19)8-12)9-4-10(16)6-11(17)5-9/h2,4-8H,1,3H2. The minimum Gasteiger partial charge on any atom is -0.489 e. The molecule has 104 valence electrons. The van der Waals surface area contributed by atoms with E-state index in [4.69, 9.17) is 4.74 Å². The van der Waals surface area contributed by atoms with Crippen molar-refractivity contribution in [3.05, 3.63) is 66.3 Å². The highest BCUT2D eigenvalue weighted by molar-refractivity contribution is 5.66. The van der Waals surface area contributed by atoms with Gasteiger partial charge in [-0.1, -0.05) is 12.7 Å². The highest BCUT2D eigenvalue weighted by Crippen LogP contribution is 2.30. The molecule has 0 amide bonds. The third kappa shape index (κ3) is 2.99. The third-order valence-corrected chi connectivity index (χ3v) is 2.53. The van der Waals surface area contributed by atoms with Crippen molar-refractivity contribution in [2.75, 3.05) is 6.61 Å². The number of rotatable bonds is 4. The molecular formula is C15H10F4O. The van der Waals surface area contributed by atoms with E-state index in [-0.39, 0.29) is 17.9 Å². The van der Waals surface area contributed by atoms with E-state index >= 15 is 0 Å². The van der Waals surface area contributed by atoms with Crippen LogP contribution in [0.25, 0.3) is 11.1 Å². The summed E-state index contributed by atoms with van der Waals surface area (Å²) in [5.41, 5.74) is -0.720. The van der Waals surface area contributed by atoms with Crippen LogP contribution < -0.4 is 4.74 Å². The second-order valence-corrected chi connectivity index (χ2v) is 4.02. The molecule has 0 spiro atoms. The largest absolute Gasteiger partial charge is 0.489 e. The topological polar surface area (TPSA) is 9.23 Å². The smallest absolute Gasteiger partial charge is 0.137 e. The Balaban J connectivity index is 2.49. The van der Waals surface area contributed by atoms with Crippen LogP contribution in [0.5, 0.6) is 5.75 Å². The van der Waals surface area contributed by atoms with Gasteiger partial charge in [-0.2, -0.15) is 0 Å². The van der Waals surface area contributed by atoms with E-state index in [2.05, 4.69) is 6.58 Å². The summed E-state index contributed by atoms with van der Waals surface area (Å²) in [6.07, 6.45) is 1.42. The van der Waals surface area contributed by atoms with E-state index in [0.717, 1.165) is 24.3 Å². The molecule has 1 nitrogen and oxygen atoms in total. The fourth-order valence-electron chi connectivity index (χ4n) is 1.76. The average molecular weight is 282 g/mol. The zero-order valence-corrected chi connectivity index (χ0v) is 10.3. The molecule has 0 aromatic heterocycles. The van der Waals surface area contributed by atoms with Crippen molar-refractivity contribution in [3.63, 3.8) is 0 Å². The van der Waals surface area contributed by atoms with Gasteiger partial charge in [0.05, 0.1) is 5.56 Å². The van der Waals surface area contributed by atoms with Crippen molar-refractivity contribution >= 4 is 0 Å². The Morgan fingerprint density at radius 1 is 0.900 bits per heavy atom. The van der Waals surface area contributed by atoms with Gasteiger partial charge in [0.25, 0.3) is 0 Å². The summed E-state index contributed by atoms with van der Waals surface area (Å²) in [5, 5.41) is 0. The van der Waals surface area contributed by atoms with E-state index in [1.807, 2.05) is 0 Å². The molecular weight excluding hydrogens is 272 g/mol. The number of hydrogen-bond donors (Lipinski definition) is 0. The van der Waals surface area contributed by atoms with Gasteiger partial charge in [-0.25, -0.2) is 17.6 Å². The van der Waals surface area contributed by atoms with Crippen molar-refractivity contribution in [2.24, 2.45) is 0 Å². The third-order valence-electron chi connectivity index (χ3n) is 2.53. The van der Waals surface area contributed by atoms with Gasteiger partial charge >= 0.3 is 0 Å². The molecule has 0 atom stereocenters. The van der Waals surface area contributed by atoms with Gasteiger partial charge in [0.1, 0.15) is 35.6 Å². The summed E-state index contributed by atoms with van der Waals surface area (Å²) < 4.78 is 59.0. The normalized spacial score (nSPS) is 10.4. The fourth-order valence-corrected chi connectivity index (χ4v) is 1.76. The summed E-state index contributed by atoms with van der Waals surface area (Å²) in [6.45, 7) is 3.50. The summed E-state index contributed by atoms with van der Waals surface area (Å²) in [6, 6.07) is 4.24. The van der Waals surface area contributed by atoms with Crippen LogP contribution in [0.3, 0.4) is 0 Å². The quantitative estimate of drug-likeness (QED) is 0.593. The van der Waals surface area contributed by atoms with E-state index < -0.39 is 28.8 Å². The summed E-state index contributed by atoms with van der Waals surface area (Å²) >= 11 is 0. The Morgan fingerprint density at radius 3 is 1.95 bits per heavy atom. The van der Waals surface area contributed by atoms with Crippen LogP contribution >= 0.6 is 0 Å². The number of halogens is 4. The average Bonchev–Trinajstić information content (AvgIpc) is 2.34. The molecule has 2 aromatic rings. The maximum atomic E-state index is 13.9. The molecule has 0 saturated carbocycles. The lowest BCUT2D eigenvalue weighted by Gasteiger charge is -2.09. The van der Waals surface area contributed by atoms with Gasteiger partial charge in [0, 0.05) is 18.2 Å². The van der Waals surface area contributed by atoms with Gasteiger partial charge in [0.15, 0.2) is 0 Å². The first-order valence-electron chi connectivity index (χ1n) is 5.70. The lowest BCUT2D eigenvalue weighted by molar-refractivity contribution is 0.358. The molecule has 0 aliphatic heterocycles. The van der Waals surface area contributed by atoms with Gasteiger partial charge < -0.3 is 4.74 Å². The van der Waals surface area contributed by atoms with Gasteiger partial charge in [0.2, 0.25) is 0 Å². The maximum Gasteiger partial charge on any atom is 0.137 e. The lowest BCUT2D eigenvalue weighted by Crippen LogP contribution is -1.97. The Bertz CT molecular complexity index is 609. The van der Waals surface area contributed by atoms with Gasteiger partial charge in [-0.3, -0.25) is 0 Å². The molecule has 0 saturated heterocycles. The van der Waals surface area contributed by atoms with Crippen molar-refractivity contribution in [1.82, 2.24) is 0 Å². The van der Waals surface area contributed by atoms with Crippen LogP contribution in [0.1, 0.15) is 0 Å². The van der Waals surface area contributed by atoms with E-state index in [0.29, 0.717) is 6.07 Å². The molecule has 5 heteroatoms. The Morgan fingerprint density at radius 2 is 1.45 bits per heavy atom. The molecule has 0 unspecified atom stereocenters. The highest BCUT2D eigenvalue weighted by Gasteiger charge is 2.15. The Labute approximate surface area is 113 Å². The van der Waals surface area contributed by atoms with E-state index in [9.17, 15) is 17.6 Å². The van der Waals surface area contributed by atoms with Crippen molar-refractivity contribution in [3.8, 4) is 16.9 Å². The van der Waals surface area contributed by atoms with Crippen LogP contribution in [0, 0.1) is 23.3 Å². The first kappa shape index (κ1) is 14.1. The second-order valence-electron chi connectivity index (χ2n) is 4.02. The molecule has 0 aliphatic rings. The maximum absolute atomic E-state index is 13.9. The number of ether oxygens (including phenoxy) is 1. The predicted molar refractivity (Wildman–Crippen MR) is 67.4 cm³/mol. The van der Waals surface area contributed by atoms with E-state index in [1.54, 1.807) is 0 Å². The van der Waals surface area contributed by atoms with Crippen LogP contribution in [0.15, 0.2) is 43.0 Å². The molecule has 0 bridgehead atoms. The minimum atomic E-state index is -0.964. The summed E-state index contributed by atoms with van der Waals surface area (Å²) in [5.74, 6) is -3.78. The monoisotopic (exact) mass is 282 g/mol. The molecule has 0 fully saturated rings. The van der Waals surface area contributed by atoms with Crippen LogP contribution in [0.4, 0.5) is 17.6 Å². The molecule has 2 rings (SSSR count). The van der Waals surface area contributed by atoms with E-state index in [1.165, 1.54) is 6.08 Å². The number of benzene rings is 2. The highest BCUT2D eigenvalue weighted by atomic mass is 19.1. The predicted octanol–water partition coefficient (Wildman–Crippen LogP) is 4.47. The Kier molecular flexibility index (Phi) is 4.08. The molecule has 0 N–H and O–H groups in total. The molecule has 0 aliphatic carbocycles. The lowest BCUT2D eigenvalue weighted by atomic mass is 10.0. The molecule has 0 radical (unpaired) electrons.